The van der Waals surface area contributed by atoms with Crippen molar-refractivity contribution in [2.45, 2.75) is 12.8 Å². The molecule has 0 N–H and O–H groups in total. The van der Waals surface area contributed by atoms with Gasteiger partial charge in [-0.3, -0.25) is 0 Å². The summed E-state index contributed by atoms with van der Waals surface area (Å²) in [6.45, 7) is 0. The Kier molecular flexibility index (Phi) is 8.53. The average molecular weight is 675 g/mol. The average Bonchev–Trinajstić information content (AvgIpc) is 3.60. The Hall–Kier alpha value is -3.00. The van der Waals surface area contributed by atoms with Crippen molar-refractivity contribution >= 4 is 22.3 Å². The fourth-order valence-corrected chi connectivity index (χ4v) is 27.4. The van der Waals surface area contributed by atoms with Crippen LogP contribution < -0.4 is 41.7 Å². The summed E-state index contributed by atoms with van der Waals surface area (Å²) in [5, 5.41) is 3.10. The molecule has 0 saturated carbocycles. The molecule has 202 valence electrons. The van der Waals surface area contributed by atoms with Crippen molar-refractivity contribution in [2.75, 3.05) is 0 Å². The van der Waals surface area contributed by atoms with E-state index in [2.05, 4.69) is 146 Å². The number of halogens is 2. The standard InChI is InChI=1S/2C13H9.C12H10Si.2ClH.Zr/c2*1-3-7-12-10(5-1)9-11-6-2-4-8-13(11)12;1-3-7-11(8-4-1)13-12-9-5-2-6-10-12;;;/h2*1-5,7-8H,9H2;1-10H;2*1H;/q;;;;;+2/p-2. The molecule has 0 radical (unpaired) electrons. The molecule has 0 unspecified atom stereocenters. The van der Waals surface area contributed by atoms with E-state index in [0.717, 1.165) is 12.8 Å². The van der Waals surface area contributed by atoms with Crippen LogP contribution in [0.2, 0.25) is 0 Å². The first-order valence-corrected chi connectivity index (χ1v) is 21.8. The van der Waals surface area contributed by atoms with Crippen LogP contribution in [0.5, 0.6) is 0 Å². The van der Waals surface area contributed by atoms with Gasteiger partial charge in [0.2, 0.25) is 0 Å². The summed E-state index contributed by atoms with van der Waals surface area (Å²) in [6.07, 6.45) is 2.11. The zero-order valence-electron chi connectivity index (χ0n) is 23.0. The molecule has 0 fully saturated rings. The molecule has 8 rings (SSSR count). The Balaban J connectivity index is 0.00000158. The SMILES string of the molecule is [Cl-].[Cl-].c1ccc([Si](c2ccccc2)=[Zr+2]([c]2cccc3c2Cc2ccccc2-3)[c]2cccc3c2Cc2ccccc2-3)cc1. The van der Waals surface area contributed by atoms with E-state index in [4.69, 9.17) is 0 Å². The molecule has 2 aliphatic carbocycles. The van der Waals surface area contributed by atoms with Crippen LogP contribution in [0.3, 0.4) is 0 Å². The second-order valence-electron chi connectivity index (χ2n) is 10.8. The summed E-state index contributed by atoms with van der Waals surface area (Å²) in [5.41, 5.74) is 10.9. The van der Waals surface area contributed by atoms with E-state index >= 15 is 0 Å². The van der Waals surface area contributed by atoms with E-state index in [1.165, 1.54) is 33.4 Å². The summed E-state index contributed by atoms with van der Waals surface area (Å²) in [4.78, 5) is 0. The topological polar surface area (TPSA) is 0 Å². The van der Waals surface area contributed by atoms with E-state index in [0.29, 0.717) is 0 Å². The van der Waals surface area contributed by atoms with Crippen molar-refractivity contribution in [2.24, 2.45) is 0 Å². The van der Waals surface area contributed by atoms with Crippen molar-refractivity contribution in [1.82, 2.24) is 0 Å². The summed E-state index contributed by atoms with van der Waals surface area (Å²) in [7, 11) is 0. The molecule has 0 saturated heterocycles. The molecule has 0 amide bonds. The van der Waals surface area contributed by atoms with Crippen LogP contribution in [0.1, 0.15) is 22.3 Å². The van der Waals surface area contributed by atoms with Gasteiger partial charge in [-0.15, -0.1) is 0 Å². The second kappa shape index (κ2) is 12.3. The zero-order valence-corrected chi connectivity index (χ0v) is 28.0. The van der Waals surface area contributed by atoms with Gasteiger partial charge in [0.25, 0.3) is 0 Å². The van der Waals surface area contributed by atoms with Crippen molar-refractivity contribution in [3.05, 3.63) is 168 Å². The number of hydrogen-bond donors (Lipinski definition) is 0. The van der Waals surface area contributed by atoms with E-state index in [1.54, 1.807) is 28.0 Å². The van der Waals surface area contributed by atoms with Gasteiger partial charge in [-0.25, -0.2) is 0 Å². The van der Waals surface area contributed by atoms with Crippen molar-refractivity contribution < 1.29 is 45.2 Å². The molecule has 2 aliphatic rings. The van der Waals surface area contributed by atoms with Gasteiger partial charge in [0.1, 0.15) is 0 Å². The Labute approximate surface area is 268 Å². The Morgan fingerprint density at radius 3 is 1.21 bits per heavy atom. The first-order chi connectivity index (χ1) is 19.9. The van der Waals surface area contributed by atoms with Gasteiger partial charge in [-0.05, 0) is 0 Å². The van der Waals surface area contributed by atoms with Crippen LogP contribution in [0, 0.1) is 0 Å². The second-order valence-corrected chi connectivity index (χ2v) is 23.9. The molecule has 4 heteroatoms. The van der Waals surface area contributed by atoms with Gasteiger partial charge in [-0.1, -0.05) is 0 Å². The molecule has 0 atom stereocenters. The summed E-state index contributed by atoms with van der Waals surface area (Å²) in [6, 6.07) is 55.6. The van der Waals surface area contributed by atoms with Crippen molar-refractivity contribution in [1.29, 1.82) is 0 Å². The molecule has 0 nitrogen and oxygen atoms in total. The van der Waals surface area contributed by atoms with Crippen LogP contribution in [0.25, 0.3) is 22.3 Å². The Bertz CT molecular complexity index is 1810. The maximum absolute atomic E-state index is 2.62. The Morgan fingerprint density at radius 1 is 0.381 bits per heavy atom. The number of hydrogen-bond acceptors (Lipinski definition) is 0. The normalized spacial score (nSPS) is 11.5. The number of benzene rings is 6. The molecule has 0 heterocycles. The van der Waals surface area contributed by atoms with E-state index in [-0.39, 0.29) is 24.8 Å². The maximum atomic E-state index is 2.53. The van der Waals surface area contributed by atoms with Gasteiger partial charge in [-0.2, -0.15) is 0 Å². The fraction of sp³-hybridized carbons (Fsp3) is 0.0526. The predicted octanol–water partition coefficient (Wildman–Crippen LogP) is 0.212. The van der Waals surface area contributed by atoms with Crippen LogP contribution in [0.15, 0.2) is 146 Å². The summed E-state index contributed by atoms with van der Waals surface area (Å²) >= 11 is -2.62. The minimum absolute atomic E-state index is 0. The monoisotopic (exact) mass is 672 g/mol. The molecule has 6 aromatic carbocycles. The Morgan fingerprint density at radius 2 is 0.762 bits per heavy atom. The fourth-order valence-electron chi connectivity index (χ4n) is 6.86. The predicted molar refractivity (Wildman–Crippen MR) is 167 cm³/mol. The molecular weight excluding hydrogens is 647 g/mol. The molecule has 0 bridgehead atoms. The molecule has 0 spiro atoms. The van der Waals surface area contributed by atoms with E-state index < -0.39 is 25.8 Å². The van der Waals surface area contributed by atoms with Crippen LogP contribution >= 0.6 is 0 Å². The third kappa shape index (κ3) is 4.89. The number of fused-ring (bicyclic) bond motifs is 6. The van der Waals surface area contributed by atoms with Crippen molar-refractivity contribution in [3.63, 3.8) is 0 Å². The van der Waals surface area contributed by atoms with E-state index in [9.17, 15) is 0 Å². The van der Waals surface area contributed by atoms with Crippen LogP contribution in [0.4, 0.5) is 0 Å². The number of rotatable bonds is 4. The molecule has 42 heavy (non-hydrogen) atoms. The third-order valence-corrected chi connectivity index (χ3v) is 27.0. The van der Waals surface area contributed by atoms with E-state index in [1.807, 2.05) is 0 Å². The van der Waals surface area contributed by atoms with Gasteiger partial charge in [0.15, 0.2) is 0 Å². The molecular formula is C38H28Cl2SiZr. The van der Waals surface area contributed by atoms with Gasteiger partial charge in [0, 0.05) is 0 Å². The van der Waals surface area contributed by atoms with Crippen LogP contribution in [-0.4, -0.2) is 5.43 Å². The molecule has 0 aromatic heterocycles. The summed E-state index contributed by atoms with van der Waals surface area (Å²) < 4.78 is 3.39. The van der Waals surface area contributed by atoms with Crippen molar-refractivity contribution in [3.8, 4) is 22.3 Å². The van der Waals surface area contributed by atoms with Gasteiger partial charge < -0.3 is 24.8 Å². The summed E-state index contributed by atoms with van der Waals surface area (Å²) in [5.74, 6) is 0. The quantitative estimate of drug-likeness (QED) is 0.235. The zero-order chi connectivity index (χ0) is 26.5. The van der Waals surface area contributed by atoms with Gasteiger partial charge in [0.05, 0.1) is 0 Å². The third-order valence-electron chi connectivity index (χ3n) is 8.62. The first kappa shape index (κ1) is 29.1. The molecule has 0 aliphatic heterocycles. The first-order valence-electron chi connectivity index (χ1n) is 14.1. The molecule has 6 aromatic rings. The minimum atomic E-state index is -2.62. The van der Waals surface area contributed by atoms with Gasteiger partial charge >= 0.3 is 246 Å². The van der Waals surface area contributed by atoms with Crippen LogP contribution in [-0.2, 0) is 33.2 Å².